The van der Waals surface area contributed by atoms with E-state index in [0.717, 1.165) is 41.7 Å². The number of benzene rings is 1. The molecule has 0 aliphatic carbocycles. The highest BCUT2D eigenvalue weighted by atomic mass is 32.2. The van der Waals surface area contributed by atoms with Crippen molar-refractivity contribution in [1.29, 1.82) is 0 Å². The van der Waals surface area contributed by atoms with E-state index in [1.54, 1.807) is 0 Å². The molecule has 1 aromatic heterocycles. The molecule has 4 rings (SSSR count). The number of nitrogens with one attached hydrogen (secondary N) is 1. The van der Waals surface area contributed by atoms with Gasteiger partial charge in [0.2, 0.25) is 0 Å². The number of aromatic nitrogens is 1. The lowest BCUT2D eigenvalue weighted by Gasteiger charge is -2.37. The van der Waals surface area contributed by atoms with Gasteiger partial charge in [-0.2, -0.15) is 0 Å². The SMILES string of the molecule is Cc1[nH]c2ccc(C(=O)N3CCN([C@@H]4CCS(=O)(=O)C4)CC3)cc2c1C. The van der Waals surface area contributed by atoms with Crippen LogP contribution in [0, 0.1) is 13.8 Å². The Kier molecular flexibility index (Phi) is 4.31. The van der Waals surface area contributed by atoms with Crippen molar-refractivity contribution in [2.75, 3.05) is 37.7 Å². The number of fused-ring (bicyclic) bond motifs is 1. The molecule has 3 heterocycles. The number of nitrogens with zero attached hydrogens (tertiary/aromatic N) is 2. The van der Waals surface area contributed by atoms with Gasteiger partial charge in [-0.3, -0.25) is 9.69 Å². The molecule has 0 unspecified atom stereocenters. The third-order valence-electron chi connectivity index (χ3n) is 5.88. The van der Waals surface area contributed by atoms with Gasteiger partial charge >= 0.3 is 0 Å². The molecule has 2 aliphatic heterocycles. The minimum atomic E-state index is -2.87. The molecule has 2 fully saturated rings. The van der Waals surface area contributed by atoms with E-state index in [1.807, 2.05) is 30.0 Å². The van der Waals surface area contributed by atoms with E-state index < -0.39 is 9.84 Å². The monoisotopic (exact) mass is 375 g/mol. The minimum Gasteiger partial charge on any atom is -0.358 e. The van der Waals surface area contributed by atoms with Crippen molar-refractivity contribution in [2.45, 2.75) is 26.3 Å². The molecule has 0 saturated carbocycles. The summed E-state index contributed by atoms with van der Waals surface area (Å²) in [6, 6.07) is 5.96. The van der Waals surface area contributed by atoms with Crippen LogP contribution in [0.4, 0.5) is 0 Å². The maximum Gasteiger partial charge on any atom is 0.253 e. The zero-order chi connectivity index (χ0) is 18.5. The fourth-order valence-electron chi connectivity index (χ4n) is 4.13. The lowest BCUT2D eigenvalue weighted by Crippen LogP contribution is -2.52. The number of carbonyl (C=O) groups excluding carboxylic acids is 1. The summed E-state index contributed by atoms with van der Waals surface area (Å²) in [4.78, 5) is 20.3. The van der Waals surface area contributed by atoms with Gasteiger partial charge in [-0.25, -0.2) is 8.42 Å². The third kappa shape index (κ3) is 3.14. The topological polar surface area (TPSA) is 73.5 Å². The predicted molar refractivity (Wildman–Crippen MR) is 102 cm³/mol. The maximum atomic E-state index is 12.9. The van der Waals surface area contributed by atoms with Crippen LogP contribution in [0.5, 0.6) is 0 Å². The van der Waals surface area contributed by atoms with E-state index in [0.29, 0.717) is 18.8 Å². The van der Waals surface area contributed by atoms with E-state index in [4.69, 9.17) is 0 Å². The van der Waals surface area contributed by atoms with Crippen LogP contribution in [0.3, 0.4) is 0 Å². The van der Waals surface area contributed by atoms with E-state index in [2.05, 4.69) is 16.8 Å². The van der Waals surface area contributed by atoms with Crippen LogP contribution in [0.15, 0.2) is 18.2 Å². The highest BCUT2D eigenvalue weighted by Gasteiger charge is 2.34. The number of rotatable bonds is 2. The molecule has 2 saturated heterocycles. The summed E-state index contributed by atoms with van der Waals surface area (Å²) in [6.45, 7) is 6.90. The summed E-state index contributed by atoms with van der Waals surface area (Å²) < 4.78 is 23.4. The van der Waals surface area contributed by atoms with Crippen molar-refractivity contribution in [3.8, 4) is 0 Å². The third-order valence-corrected chi connectivity index (χ3v) is 7.63. The summed E-state index contributed by atoms with van der Waals surface area (Å²) in [5.41, 5.74) is 4.09. The number of H-pyrrole nitrogens is 1. The molecular formula is C19H25N3O3S. The highest BCUT2D eigenvalue weighted by Crippen LogP contribution is 2.24. The molecule has 0 spiro atoms. The first-order valence-electron chi connectivity index (χ1n) is 9.17. The van der Waals surface area contributed by atoms with Gasteiger partial charge < -0.3 is 9.88 Å². The van der Waals surface area contributed by atoms with Crippen LogP contribution in [-0.4, -0.2) is 72.8 Å². The van der Waals surface area contributed by atoms with Crippen molar-refractivity contribution in [2.24, 2.45) is 0 Å². The van der Waals surface area contributed by atoms with Gasteiger partial charge in [0.25, 0.3) is 5.91 Å². The Bertz CT molecular complexity index is 956. The fraction of sp³-hybridized carbons (Fsp3) is 0.526. The van der Waals surface area contributed by atoms with Crippen molar-refractivity contribution < 1.29 is 13.2 Å². The summed E-state index contributed by atoms with van der Waals surface area (Å²) >= 11 is 0. The molecule has 140 valence electrons. The number of carbonyl (C=O) groups is 1. The average Bonchev–Trinajstić information content (AvgIpc) is 3.13. The summed E-state index contributed by atoms with van der Waals surface area (Å²) in [7, 11) is -2.87. The highest BCUT2D eigenvalue weighted by molar-refractivity contribution is 7.91. The predicted octanol–water partition coefficient (Wildman–Crippen LogP) is 1.73. The number of aromatic amines is 1. The van der Waals surface area contributed by atoms with Crippen molar-refractivity contribution in [3.63, 3.8) is 0 Å². The Hall–Kier alpha value is -1.86. The lowest BCUT2D eigenvalue weighted by molar-refractivity contribution is 0.0588. The van der Waals surface area contributed by atoms with E-state index >= 15 is 0 Å². The normalized spacial score (nSPS) is 23.6. The van der Waals surface area contributed by atoms with Crippen LogP contribution < -0.4 is 0 Å². The van der Waals surface area contributed by atoms with Crippen molar-refractivity contribution in [3.05, 3.63) is 35.0 Å². The second-order valence-corrected chi connectivity index (χ2v) is 9.75. The smallest absolute Gasteiger partial charge is 0.253 e. The summed E-state index contributed by atoms with van der Waals surface area (Å²) in [5, 5.41) is 1.10. The van der Waals surface area contributed by atoms with Gasteiger partial charge in [-0.15, -0.1) is 0 Å². The van der Waals surface area contributed by atoms with E-state index in [1.165, 1.54) is 5.56 Å². The quantitative estimate of drug-likeness (QED) is 0.868. The van der Waals surface area contributed by atoms with Crippen LogP contribution in [0.2, 0.25) is 0 Å². The average molecular weight is 375 g/mol. The van der Waals surface area contributed by atoms with Crippen molar-refractivity contribution >= 4 is 26.6 Å². The molecule has 6 nitrogen and oxygen atoms in total. The van der Waals surface area contributed by atoms with Crippen LogP contribution in [0.25, 0.3) is 10.9 Å². The number of amides is 1. The van der Waals surface area contributed by atoms with Gasteiger partial charge in [0.05, 0.1) is 11.5 Å². The van der Waals surface area contributed by atoms with Crippen LogP contribution >= 0.6 is 0 Å². The van der Waals surface area contributed by atoms with Gasteiger partial charge in [0.15, 0.2) is 9.84 Å². The molecule has 26 heavy (non-hydrogen) atoms. The number of sulfone groups is 1. The number of aryl methyl sites for hydroxylation is 2. The summed E-state index contributed by atoms with van der Waals surface area (Å²) in [5.74, 6) is 0.625. The largest absolute Gasteiger partial charge is 0.358 e. The van der Waals surface area contributed by atoms with E-state index in [9.17, 15) is 13.2 Å². The number of hydrogen-bond acceptors (Lipinski definition) is 4. The Labute approximate surface area is 154 Å². The first-order valence-corrected chi connectivity index (χ1v) is 11.0. The van der Waals surface area contributed by atoms with Crippen LogP contribution in [-0.2, 0) is 9.84 Å². The van der Waals surface area contributed by atoms with Crippen molar-refractivity contribution in [1.82, 2.24) is 14.8 Å². The van der Waals surface area contributed by atoms with Gasteiger partial charge in [-0.05, 0) is 44.0 Å². The van der Waals surface area contributed by atoms with E-state index in [-0.39, 0.29) is 17.7 Å². The molecule has 1 N–H and O–H groups in total. The molecule has 0 bridgehead atoms. The minimum absolute atomic E-state index is 0.0591. The molecule has 1 amide bonds. The number of piperazine rings is 1. The molecule has 1 aromatic carbocycles. The second kappa shape index (κ2) is 6.39. The molecule has 2 aliphatic rings. The maximum absolute atomic E-state index is 12.9. The fourth-order valence-corrected chi connectivity index (χ4v) is 5.89. The van der Waals surface area contributed by atoms with Gasteiger partial charge in [0, 0.05) is 54.4 Å². The van der Waals surface area contributed by atoms with Gasteiger partial charge in [-0.1, -0.05) is 0 Å². The molecule has 7 heteroatoms. The number of hydrogen-bond donors (Lipinski definition) is 1. The van der Waals surface area contributed by atoms with Gasteiger partial charge in [0.1, 0.15) is 0 Å². The molecule has 1 atom stereocenters. The lowest BCUT2D eigenvalue weighted by atomic mass is 10.1. The Morgan fingerprint density at radius 1 is 1.15 bits per heavy atom. The molecular weight excluding hydrogens is 350 g/mol. The van der Waals surface area contributed by atoms with Crippen LogP contribution in [0.1, 0.15) is 28.0 Å². The zero-order valence-electron chi connectivity index (χ0n) is 15.3. The zero-order valence-corrected chi connectivity index (χ0v) is 16.1. The first kappa shape index (κ1) is 17.5. The Morgan fingerprint density at radius 2 is 1.88 bits per heavy atom. The Morgan fingerprint density at radius 3 is 2.54 bits per heavy atom. The second-order valence-electron chi connectivity index (χ2n) is 7.52. The standard InChI is InChI=1S/C19H25N3O3S/c1-13-14(2)20-18-4-3-15(11-17(13)18)19(23)22-8-6-21(7-9-22)16-5-10-26(24,25)12-16/h3-4,11,16,20H,5-10,12H2,1-2H3/t16-/m1/s1. The first-order chi connectivity index (χ1) is 12.3. The molecule has 0 radical (unpaired) electrons. The summed E-state index contributed by atoms with van der Waals surface area (Å²) in [6.07, 6.45) is 0.721. The molecule has 2 aromatic rings. The Balaban J connectivity index is 1.44.